The van der Waals surface area contributed by atoms with Crippen molar-refractivity contribution < 1.29 is 19.4 Å². The molecule has 4 rings (SSSR count). The highest BCUT2D eigenvalue weighted by Gasteiger charge is 2.24. The largest absolute Gasteiger partial charge is 0.493 e. The second-order valence-electron chi connectivity index (χ2n) is 9.76. The van der Waals surface area contributed by atoms with Crippen LogP contribution >= 0.6 is 0 Å². The summed E-state index contributed by atoms with van der Waals surface area (Å²) in [5.41, 5.74) is 7.36. The predicted octanol–water partition coefficient (Wildman–Crippen LogP) is 5.20. The third kappa shape index (κ3) is 6.55. The van der Waals surface area contributed by atoms with Gasteiger partial charge < -0.3 is 20.5 Å². The van der Waals surface area contributed by atoms with Crippen molar-refractivity contribution in [1.82, 2.24) is 10.3 Å². The van der Waals surface area contributed by atoms with Gasteiger partial charge in [-0.3, -0.25) is 4.79 Å². The van der Waals surface area contributed by atoms with Gasteiger partial charge >= 0.3 is 5.97 Å². The van der Waals surface area contributed by atoms with E-state index in [0.717, 1.165) is 51.2 Å². The van der Waals surface area contributed by atoms with E-state index in [4.69, 9.17) is 4.74 Å². The zero-order valence-corrected chi connectivity index (χ0v) is 21.7. The van der Waals surface area contributed by atoms with Crippen LogP contribution < -0.4 is 10.6 Å². The lowest BCUT2D eigenvalue weighted by Crippen LogP contribution is -2.42. The van der Waals surface area contributed by atoms with E-state index in [0.29, 0.717) is 12.1 Å². The van der Waals surface area contributed by atoms with Crippen molar-refractivity contribution in [2.75, 3.05) is 11.9 Å². The molecule has 2 aromatic carbocycles. The minimum atomic E-state index is -1.07. The molecule has 0 saturated carbocycles. The lowest BCUT2D eigenvalue weighted by atomic mass is 9.97. The highest BCUT2D eigenvalue weighted by molar-refractivity contribution is 5.99. The summed E-state index contributed by atoms with van der Waals surface area (Å²) < 4.78 is 5.88. The van der Waals surface area contributed by atoms with Gasteiger partial charge in [-0.25, -0.2) is 9.78 Å². The number of carbonyl (C=O) groups excluding carboxylic acids is 1. The quantitative estimate of drug-likeness (QED) is 0.374. The second kappa shape index (κ2) is 11.3. The van der Waals surface area contributed by atoms with E-state index in [-0.39, 0.29) is 18.4 Å². The third-order valence-electron chi connectivity index (χ3n) is 6.55. The number of pyridine rings is 1. The number of carbonyl (C=O) groups is 2. The minimum Gasteiger partial charge on any atom is -0.493 e. The van der Waals surface area contributed by atoms with Crippen LogP contribution in [0.4, 0.5) is 5.82 Å². The van der Waals surface area contributed by atoms with Gasteiger partial charge in [0.1, 0.15) is 18.0 Å². The van der Waals surface area contributed by atoms with Crippen LogP contribution in [0, 0.1) is 27.7 Å². The molecular weight excluding hydrogens is 466 g/mol. The van der Waals surface area contributed by atoms with Crippen LogP contribution in [-0.2, 0) is 16.0 Å². The second-order valence-corrected chi connectivity index (χ2v) is 9.76. The summed E-state index contributed by atoms with van der Waals surface area (Å²) in [5.74, 6) is -0.609. The number of amides is 1. The number of nitrogens with one attached hydrogen (secondary N) is 2. The average molecular weight is 500 g/mol. The number of nitrogens with zero attached hydrogens (tertiary/aromatic N) is 1. The maximum absolute atomic E-state index is 12.9. The number of aryl methyl sites for hydroxylation is 4. The van der Waals surface area contributed by atoms with E-state index in [1.807, 2.05) is 82.4 Å². The first kappa shape index (κ1) is 25.9. The monoisotopic (exact) mass is 499 g/mol. The van der Waals surface area contributed by atoms with Crippen LogP contribution in [0.3, 0.4) is 0 Å². The number of anilines is 1. The fourth-order valence-electron chi connectivity index (χ4n) is 4.67. The fraction of sp³-hybridized carbons (Fsp3) is 0.300. The molecule has 37 heavy (non-hydrogen) atoms. The molecule has 3 N–H and O–H groups in total. The molecule has 7 heteroatoms. The van der Waals surface area contributed by atoms with Crippen LogP contribution in [0.1, 0.15) is 56.3 Å². The van der Waals surface area contributed by atoms with E-state index < -0.39 is 12.0 Å². The van der Waals surface area contributed by atoms with Crippen LogP contribution in [0.25, 0.3) is 0 Å². The van der Waals surface area contributed by atoms with Crippen LogP contribution in [0.5, 0.6) is 0 Å². The molecule has 0 bridgehead atoms. The number of benzene rings is 2. The highest BCUT2D eigenvalue weighted by Crippen LogP contribution is 2.31. The molecule has 3 aromatic rings. The molecule has 0 saturated heterocycles. The molecule has 1 aliphatic rings. The van der Waals surface area contributed by atoms with Crippen molar-refractivity contribution >= 4 is 17.7 Å². The number of rotatable bonds is 9. The van der Waals surface area contributed by atoms with Crippen LogP contribution in [0.2, 0.25) is 0 Å². The lowest BCUT2D eigenvalue weighted by Gasteiger charge is -2.18. The van der Waals surface area contributed by atoms with Gasteiger partial charge in [-0.05, 0) is 67.2 Å². The Kier molecular flexibility index (Phi) is 7.92. The SMILES string of the molecule is Cc1ccc(NCC2=COC(c3ccc(C[C@H](NC(=O)c4c(C)cc(C)cc4C)C(=O)O)cc3)C2)nc1. The Morgan fingerprint density at radius 1 is 1.03 bits per heavy atom. The van der Waals surface area contributed by atoms with Gasteiger partial charge in [-0.15, -0.1) is 0 Å². The van der Waals surface area contributed by atoms with Gasteiger partial charge in [0.15, 0.2) is 0 Å². The summed E-state index contributed by atoms with van der Waals surface area (Å²) in [6.07, 6.45) is 4.50. The van der Waals surface area contributed by atoms with E-state index in [9.17, 15) is 14.7 Å². The molecule has 2 heterocycles. The zero-order valence-electron chi connectivity index (χ0n) is 21.7. The first-order valence-electron chi connectivity index (χ1n) is 12.4. The summed E-state index contributed by atoms with van der Waals surface area (Å²) in [6, 6.07) is 14.5. The maximum Gasteiger partial charge on any atom is 0.326 e. The van der Waals surface area contributed by atoms with Gasteiger partial charge in [0.05, 0.1) is 6.26 Å². The molecule has 1 amide bonds. The number of aliphatic carboxylic acids is 1. The Morgan fingerprint density at radius 2 is 1.73 bits per heavy atom. The van der Waals surface area contributed by atoms with E-state index in [1.54, 1.807) is 6.26 Å². The number of carboxylic acid groups (broad SMARTS) is 1. The molecule has 0 spiro atoms. The zero-order chi connectivity index (χ0) is 26.5. The van der Waals surface area contributed by atoms with Gasteiger partial charge in [-0.2, -0.15) is 0 Å². The Balaban J connectivity index is 1.34. The number of hydrogen-bond donors (Lipinski definition) is 3. The number of ether oxygens (including phenoxy) is 1. The standard InChI is InChI=1S/C30H33N3O4/c1-18-5-10-27(31-15-18)32-16-23-14-26(37-17-23)24-8-6-22(7-9-24)13-25(30(35)36)33-29(34)28-20(3)11-19(2)12-21(28)4/h5-12,15,17,25-26H,13-14,16H2,1-4H3,(H,31,32)(H,33,34)(H,35,36)/t25-,26?/m0/s1. The van der Waals surface area contributed by atoms with Crippen molar-refractivity contribution in [3.63, 3.8) is 0 Å². The smallest absolute Gasteiger partial charge is 0.326 e. The fourth-order valence-corrected chi connectivity index (χ4v) is 4.67. The number of hydrogen-bond acceptors (Lipinski definition) is 5. The molecule has 1 aliphatic heterocycles. The Hall–Kier alpha value is -4.13. The summed E-state index contributed by atoms with van der Waals surface area (Å²) in [5, 5.41) is 15.8. The molecule has 1 unspecified atom stereocenters. The number of aromatic nitrogens is 1. The van der Waals surface area contributed by atoms with E-state index in [1.165, 1.54) is 0 Å². The first-order valence-corrected chi connectivity index (χ1v) is 12.4. The Bertz CT molecular complexity index is 1290. The molecular formula is C30H33N3O4. The van der Waals surface area contributed by atoms with Crippen molar-refractivity contribution in [2.24, 2.45) is 0 Å². The normalized spacial score (nSPS) is 15.5. The summed E-state index contributed by atoms with van der Waals surface area (Å²) in [6.45, 7) is 8.36. The Morgan fingerprint density at radius 3 is 2.35 bits per heavy atom. The summed E-state index contributed by atoms with van der Waals surface area (Å²) in [7, 11) is 0. The van der Waals surface area contributed by atoms with E-state index in [2.05, 4.69) is 15.6 Å². The van der Waals surface area contributed by atoms with Gasteiger partial charge in [-0.1, -0.05) is 48.0 Å². The van der Waals surface area contributed by atoms with Crippen LogP contribution in [-0.4, -0.2) is 34.6 Å². The molecule has 1 aromatic heterocycles. The van der Waals surface area contributed by atoms with Crippen molar-refractivity contribution in [3.8, 4) is 0 Å². The van der Waals surface area contributed by atoms with Crippen molar-refractivity contribution in [3.05, 3.63) is 106 Å². The van der Waals surface area contributed by atoms with Gasteiger partial charge in [0.2, 0.25) is 0 Å². The van der Waals surface area contributed by atoms with Crippen LogP contribution in [0.15, 0.2) is 66.6 Å². The molecule has 7 nitrogen and oxygen atoms in total. The van der Waals surface area contributed by atoms with Gasteiger partial charge in [0, 0.05) is 31.1 Å². The average Bonchev–Trinajstić information content (AvgIpc) is 3.32. The Labute approximate surface area is 217 Å². The number of carboxylic acids is 1. The minimum absolute atomic E-state index is 0.0840. The first-order chi connectivity index (χ1) is 17.7. The predicted molar refractivity (Wildman–Crippen MR) is 144 cm³/mol. The lowest BCUT2D eigenvalue weighted by molar-refractivity contribution is -0.139. The highest BCUT2D eigenvalue weighted by atomic mass is 16.5. The van der Waals surface area contributed by atoms with Crippen molar-refractivity contribution in [2.45, 2.75) is 52.7 Å². The third-order valence-corrected chi connectivity index (χ3v) is 6.55. The molecule has 192 valence electrons. The van der Waals surface area contributed by atoms with E-state index >= 15 is 0 Å². The van der Waals surface area contributed by atoms with Gasteiger partial charge in [0.25, 0.3) is 5.91 Å². The molecule has 2 atom stereocenters. The molecule has 0 fully saturated rings. The van der Waals surface area contributed by atoms with Crippen molar-refractivity contribution in [1.29, 1.82) is 0 Å². The summed E-state index contributed by atoms with van der Waals surface area (Å²) in [4.78, 5) is 29.2. The topological polar surface area (TPSA) is 101 Å². The maximum atomic E-state index is 12.9. The molecule has 0 radical (unpaired) electrons. The summed E-state index contributed by atoms with van der Waals surface area (Å²) >= 11 is 0. The molecule has 0 aliphatic carbocycles.